The minimum Gasteiger partial charge on any atom is -0.337 e. The van der Waals surface area contributed by atoms with E-state index in [4.69, 9.17) is 5.10 Å². The number of urea groups is 1. The third-order valence-electron chi connectivity index (χ3n) is 7.91. The van der Waals surface area contributed by atoms with Gasteiger partial charge in [-0.25, -0.2) is 9.48 Å². The van der Waals surface area contributed by atoms with Crippen LogP contribution in [0.3, 0.4) is 0 Å². The van der Waals surface area contributed by atoms with Gasteiger partial charge in [0, 0.05) is 55.4 Å². The molecule has 0 spiro atoms. The van der Waals surface area contributed by atoms with Gasteiger partial charge in [-0.1, -0.05) is 6.07 Å². The highest BCUT2D eigenvalue weighted by Crippen LogP contribution is 2.41. The standard InChI is InChI=1S/C29H35N7O2/c37-28(35-16-11-24(12-17-35)34-14-1-2-15-34)26-18-27(22-5-6-22)36(33-26)25-9-7-23(8-10-25)32-29(38)31-20-21-4-3-13-30-19-21/h3-4,7-10,13,18-19,22,24H,1-2,5-6,11-12,14-17,20H2,(H2,31,32,38). The first-order valence-corrected chi connectivity index (χ1v) is 13.8. The van der Waals surface area contributed by atoms with Gasteiger partial charge in [-0.3, -0.25) is 9.78 Å². The van der Waals surface area contributed by atoms with E-state index in [-0.39, 0.29) is 11.9 Å². The number of rotatable bonds is 7. The van der Waals surface area contributed by atoms with Gasteiger partial charge in [0.2, 0.25) is 0 Å². The number of aromatic nitrogens is 3. The maximum absolute atomic E-state index is 13.4. The molecule has 198 valence electrons. The summed E-state index contributed by atoms with van der Waals surface area (Å²) in [4.78, 5) is 34.3. The molecule has 0 bridgehead atoms. The number of carbonyl (C=O) groups excluding carboxylic acids is 2. The second-order valence-electron chi connectivity index (χ2n) is 10.6. The molecule has 2 aromatic heterocycles. The second kappa shape index (κ2) is 10.9. The summed E-state index contributed by atoms with van der Waals surface area (Å²) in [6.07, 6.45) is 10.4. The Labute approximate surface area is 223 Å². The zero-order valence-electron chi connectivity index (χ0n) is 21.7. The topological polar surface area (TPSA) is 95.4 Å². The van der Waals surface area contributed by atoms with Crippen LogP contribution in [0.5, 0.6) is 0 Å². The number of hydrogen-bond donors (Lipinski definition) is 2. The summed E-state index contributed by atoms with van der Waals surface area (Å²) < 4.78 is 1.91. The van der Waals surface area contributed by atoms with Gasteiger partial charge in [-0.15, -0.1) is 0 Å². The third-order valence-corrected chi connectivity index (χ3v) is 7.91. The molecular formula is C29H35N7O2. The minimum absolute atomic E-state index is 0.0362. The van der Waals surface area contributed by atoms with E-state index in [9.17, 15) is 9.59 Å². The Morgan fingerprint density at radius 2 is 1.71 bits per heavy atom. The molecule has 2 saturated heterocycles. The van der Waals surface area contributed by atoms with Crippen molar-refractivity contribution in [3.05, 3.63) is 71.8 Å². The van der Waals surface area contributed by atoms with Gasteiger partial charge >= 0.3 is 6.03 Å². The Morgan fingerprint density at radius 1 is 0.947 bits per heavy atom. The number of likely N-dealkylation sites (tertiary alicyclic amines) is 2. The van der Waals surface area contributed by atoms with Crippen molar-refractivity contribution >= 4 is 17.6 Å². The number of amides is 3. The van der Waals surface area contributed by atoms with Gasteiger partial charge in [0.1, 0.15) is 0 Å². The highest BCUT2D eigenvalue weighted by Gasteiger charge is 2.33. The van der Waals surface area contributed by atoms with Gasteiger partial charge in [-0.05, 0) is 93.6 Å². The quantitative estimate of drug-likeness (QED) is 0.495. The molecule has 2 N–H and O–H groups in total. The predicted octanol–water partition coefficient (Wildman–Crippen LogP) is 4.17. The van der Waals surface area contributed by atoms with Crippen molar-refractivity contribution in [1.82, 2.24) is 29.9 Å². The summed E-state index contributed by atoms with van der Waals surface area (Å²) in [5.41, 5.74) is 4.14. The van der Waals surface area contributed by atoms with Gasteiger partial charge in [0.15, 0.2) is 5.69 Å². The van der Waals surface area contributed by atoms with Crippen molar-refractivity contribution in [2.24, 2.45) is 0 Å². The molecule has 3 aromatic rings. The Morgan fingerprint density at radius 3 is 2.39 bits per heavy atom. The molecule has 0 atom stereocenters. The minimum atomic E-state index is -0.277. The summed E-state index contributed by atoms with van der Waals surface area (Å²) in [6, 6.07) is 13.7. The Balaban J connectivity index is 1.09. The fourth-order valence-electron chi connectivity index (χ4n) is 5.63. The summed E-state index contributed by atoms with van der Waals surface area (Å²) in [7, 11) is 0. The normalized spacial score (nSPS) is 18.5. The van der Waals surface area contributed by atoms with E-state index >= 15 is 0 Å². The molecule has 6 rings (SSSR count). The van der Waals surface area contributed by atoms with Crippen LogP contribution in [-0.4, -0.2) is 68.7 Å². The molecule has 38 heavy (non-hydrogen) atoms. The lowest BCUT2D eigenvalue weighted by molar-refractivity contribution is 0.0638. The molecule has 2 aliphatic heterocycles. The molecule has 4 heterocycles. The van der Waals surface area contributed by atoms with E-state index in [1.54, 1.807) is 12.4 Å². The number of piperidine rings is 1. The van der Waals surface area contributed by atoms with Crippen molar-refractivity contribution in [3.63, 3.8) is 0 Å². The van der Waals surface area contributed by atoms with Crippen LogP contribution in [0.4, 0.5) is 10.5 Å². The highest BCUT2D eigenvalue weighted by atomic mass is 16.2. The number of pyridine rings is 1. The van der Waals surface area contributed by atoms with Crippen LogP contribution in [0.25, 0.3) is 5.69 Å². The fourth-order valence-corrected chi connectivity index (χ4v) is 5.63. The molecule has 0 unspecified atom stereocenters. The fraction of sp³-hybridized carbons (Fsp3) is 0.448. The van der Waals surface area contributed by atoms with Crippen molar-refractivity contribution in [3.8, 4) is 5.69 Å². The summed E-state index contributed by atoms with van der Waals surface area (Å²) in [6.45, 7) is 4.42. The average Bonchev–Trinajstić information content (AvgIpc) is 3.46. The lowest BCUT2D eigenvalue weighted by Gasteiger charge is -2.36. The number of carbonyl (C=O) groups is 2. The predicted molar refractivity (Wildman–Crippen MR) is 145 cm³/mol. The lowest BCUT2D eigenvalue weighted by Crippen LogP contribution is -2.46. The molecule has 9 heteroatoms. The van der Waals surface area contributed by atoms with E-state index in [0.717, 1.165) is 55.7 Å². The van der Waals surface area contributed by atoms with Crippen molar-refractivity contribution in [1.29, 1.82) is 0 Å². The SMILES string of the molecule is O=C(NCc1cccnc1)Nc1ccc(-n2nc(C(=O)N3CCC(N4CCCC4)CC3)cc2C2CC2)cc1. The zero-order chi connectivity index (χ0) is 25.9. The maximum atomic E-state index is 13.4. The van der Waals surface area contributed by atoms with E-state index in [1.807, 2.05) is 52.0 Å². The molecule has 3 amide bonds. The van der Waals surface area contributed by atoms with E-state index < -0.39 is 0 Å². The summed E-state index contributed by atoms with van der Waals surface area (Å²) in [5.74, 6) is 0.482. The Bertz CT molecular complexity index is 1260. The third kappa shape index (κ3) is 5.57. The van der Waals surface area contributed by atoms with Gasteiger partial charge in [0.05, 0.1) is 5.69 Å². The Hall–Kier alpha value is -3.72. The number of benzene rings is 1. The number of hydrogen-bond acceptors (Lipinski definition) is 5. The van der Waals surface area contributed by atoms with Gasteiger partial charge in [-0.2, -0.15) is 5.10 Å². The molecule has 1 saturated carbocycles. The largest absolute Gasteiger partial charge is 0.337 e. The highest BCUT2D eigenvalue weighted by molar-refractivity contribution is 5.92. The van der Waals surface area contributed by atoms with Crippen LogP contribution >= 0.6 is 0 Å². The van der Waals surface area contributed by atoms with E-state index in [2.05, 4.69) is 20.5 Å². The van der Waals surface area contributed by atoms with Gasteiger partial charge in [0.25, 0.3) is 5.91 Å². The van der Waals surface area contributed by atoms with Crippen molar-refractivity contribution in [2.75, 3.05) is 31.5 Å². The van der Waals surface area contributed by atoms with Crippen molar-refractivity contribution in [2.45, 2.75) is 57.0 Å². The molecule has 1 aromatic carbocycles. The smallest absolute Gasteiger partial charge is 0.319 e. The zero-order valence-corrected chi connectivity index (χ0v) is 21.7. The molecular weight excluding hydrogens is 478 g/mol. The van der Waals surface area contributed by atoms with Crippen LogP contribution in [0.15, 0.2) is 54.9 Å². The summed E-state index contributed by atoms with van der Waals surface area (Å²) >= 11 is 0. The first kappa shape index (κ1) is 24.6. The van der Waals surface area contributed by atoms with Crippen LogP contribution in [-0.2, 0) is 6.54 Å². The van der Waals surface area contributed by atoms with E-state index in [0.29, 0.717) is 29.9 Å². The van der Waals surface area contributed by atoms with Crippen LogP contribution in [0, 0.1) is 0 Å². The summed E-state index contributed by atoms with van der Waals surface area (Å²) in [5, 5.41) is 10.5. The monoisotopic (exact) mass is 513 g/mol. The number of anilines is 1. The molecule has 3 fully saturated rings. The Kier molecular flexibility index (Phi) is 7.09. The van der Waals surface area contributed by atoms with Crippen LogP contribution < -0.4 is 10.6 Å². The van der Waals surface area contributed by atoms with Crippen LogP contribution in [0.1, 0.15) is 66.2 Å². The van der Waals surface area contributed by atoms with Gasteiger partial charge < -0.3 is 20.4 Å². The molecule has 3 aliphatic rings. The number of nitrogens with one attached hydrogen (secondary N) is 2. The maximum Gasteiger partial charge on any atom is 0.319 e. The lowest BCUT2D eigenvalue weighted by atomic mass is 10.0. The second-order valence-corrected chi connectivity index (χ2v) is 10.6. The molecule has 1 aliphatic carbocycles. The first-order valence-electron chi connectivity index (χ1n) is 13.8. The first-order chi connectivity index (χ1) is 18.6. The molecule has 9 nitrogen and oxygen atoms in total. The molecule has 0 radical (unpaired) electrons. The van der Waals surface area contributed by atoms with Crippen molar-refractivity contribution < 1.29 is 9.59 Å². The van der Waals surface area contributed by atoms with E-state index in [1.165, 1.54) is 25.9 Å². The number of nitrogens with zero attached hydrogens (tertiary/aromatic N) is 5. The van der Waals surface area contributed by atoms with Crippen LogP contribution in [0.2, 0.25) is 0 Å². The average molecular weight is 514 g/mol.